The fraction of sp³-hybridized carbons (Fsp3) is 0.889. The molecule has 1 unspecified atom stereocenters. The molecule has 2 aliphatic heterocycles. The fourth-order valence-corrected chi connectivity index (χ4v) is 3.17. The maximum atomic E-state index is 11.9. The minimum atomic E-state index is -0.446. The molecule has 7 nitrogen and oxygen atoms in total. The number of amides is 1. The molecule has 1 atom stereocenters. The topological polar surface area (TPSA) is 69.2 Å². The van der Waals surface area contributed by atoms with Gasteiger partial charge in [0.1, 0.15) is 5.60 Å². The van der Waals surface area contributed by atoms with Crippen LogP contribution in [0, 0.1) is 5.92 Å². The molecule has 0 bridgehead atoms. The molecule has 2 saturated heterocycles. The first-order chi connectivity index (χ1) is 11.8. The number of ether oxygens (including phenoxy) is 1. The second-order valence-corrected chi connectivity index (χ2v) is 8.29. The molecule has 0 aromatic rings. The van der Waals surface area contributed by atoms with Crippen molar-refractivity contribution in [2.45, 2.75) is 52.2 Å². The van der Waals surface area contributed by atoms with Crippen LogP contribution >= 0.6 is 0 Å². The predicted octanol–water partition coefficient (Wildman–Crippen LogP) is 1.50. The highest BCUT2D eigenvalue weighted by atomic mass is 16.6. The smallest absolute Gasteiger partial charge is 0.410 e. The van der Waals surface area contributed by atoms with Gasteiger partial charge in [0.15, 0.2) is 5.96 Å². The molecule has 0 saturated carbocycles. The van der Waals surface area contributed by atoms with Gasteiger partial charge in [0.2, 0.25) is 0 Å². The Morgan fingerprint density at radius 2 is 1.92 bits per heavy atom. The lowest BCUT2D eigenvalue weighted by molar-refractivity contribution is 0.00701. The van der Waals surface area contributed by atoms with E-state index in [1.165, 1.54) is 25.9 Å². The van der Waals surface area contributed by atoms with Gasteiger partial charge in [0.05, 0.1) is 6.04 Å². The number of hydrogen-bond acceptors (Lipinski definition) is 4. The van der Waals surface area contributed by atoms with Gasteiger partial charge in [-0.2, -0.15) is 0 Å². The number of guanidine groups is 1. The Kier molecular flexibility index (Phi) is 6.93. The van der Waals surface area contributed by atoms with E-state index in [9.17, 15) is 4.79 Å². The number of rotatable bonds is 5. The van der Waals surface area contributed by atoms with Gasteiger partial charge in [-0.1, -0.05) is 6.92 Å². The van der Waals surface area contributed by atoms with Crippen LogP contribution < -0.4 is 10.6 Å². The third-order valence-corrected chi connectivity index (χ3v) is 4.48. The number of nitrogens with one attached hydrogen (secondary N) is 2. The minimum absolute atomic E-state index is 0.229. The van der Waals surface area contributed by atoms with E-state index in [1.54, 1.807) is 11.9 Å². The zero-order valence-electron chi connectivity index (χ0n) is 16.5. The number of aliphatic imine (C=N–C) groups is 1. The van der Waals surface area contributed by atoms with Gasteiger partial charge in [-0.15, -0.1) is 0 Å². The van der Waals surface area contributed by atoms with E-state index in [4.69, 9.17) is 4.74 Å². The molecule has 2 rings (SSSR count). The van der Waals surface area contributed by atoms with E-state index < -0.39 is 5.60 Å². The Labute approximate surface area is 152 Å². The Morgan fingerprint density at radius 1 is 1.28 bits per heavy atom. The summed E-state index contributed by atoms with van der Waals surface area (Å²) >= 11 is 0. The van der Waals surface area contributed by atoms with Crippen molar-refractivity contribution in [3.05, 3.63) is 0 Å². The largest absolute Gasteiger partial charge is 0.444 e. The molecule has 0 spiro atoms. The molecule has 0 aromatic carbocycles. The molecule has 0 aliphatic carbocycles. The molecule has 2 fully saturated rings. The lowest BCUT2D eigenvalue weighted by atomic mass is 10.1. The molecule has 2 heterocycles. The van der Waals surface area contributed by atoms with Crippen molar-refractivity contribution in [3.8, 4) is 0 Å². The number of likely N-dealkylation sites (tertiary alicyclic amines) is 2. The van der Waals surface area contributed by atoms with Gasteiger partial charge in [-0.3, -0.25) is 4.99 Å². The Morgan fingerprint density at radius 3 is 2.48 bits per heavy atom. The second kappa shape index (κ2) is 8.74. The summed E-state index contributed by atoms with van der Waals surface area (Å²) in [6.07, 6.45) is 2.42. The monoisotopic (exact) mass is 353 g/mol. The minimum Gasteiger partial charge on any atom is -0.444 e. The summed E-state index contributed by atoms with van der Waals surface area (Å²) in [4.78, 5) is 20.5. The highest BCUT2D eigenvalue weighted by molar-refractivity contribution is 5.80. The van der Waals surface area contributed by atoms with Crippen molar-refractivity contribution >= 4 is 12.1 Å². The van der Waals surface area contributed by atoms with Crippen LogP contribution in [0.15, 0.2) is 4.99 Å². The molecule has 1 amide bonds. The Bertz CT molecular complexity index is 463. The van der Waals surface area contributed by atoms with E-state index in [0.29, 0.717) is 19.0 Å². The van der Waals surface area contributed by atoms with E-state index >= 15 is 0 Å². The van der Waals surface area contributed by atoms with Gasteiger partial charge >= 0.3 is 6.09 Å². The Balaban J connectivity index is 1.63. The first-order valence-corrected chi connectivity index (χ1v) is 9.44. The summed E-state index contributed by atoms with van der Waals surface area (Å²) in [5, 5.41) is 6.78. The van der Waals surface area contributed by atoms with Gasteiger partial charge < -0.3 is 25.2 Å². The van der Waals surface area contributed by atoms with Crippen molar-refractivity contribution in [1.82, 2.24) is 20.4 Å². The van der Waals surface area contributed by atoms with Gasteiger partial charge in [-0.05, 0) is 52.6 Å². The highest BCUT2D eigenvalue weighted by Crippen LogP contribution is 2.15. The van der Waals surface area contributed by atoms with Crippen LogP contribution in [0.4, 0.5) is 4.79 Å². The summed E-state index contributed by atoms with van der Waals surface area (Å²) in [6, 6.07) is 0.229. The summed E-state index contributed by atoms with van der Waals surface area (Å²) in [7, 11) is 1.78. The molecule has 2 aliphatic rings. The van der Waals surface area contributed by atoms with Crippen molar-refractivity contribution in [1.29, 1.82) is 0 Å². The molecular formula is C18H35N5O2. The van der Waals surface area contributed by atoms with Crippen LogP contribution in [0.25, 0.3) is 0 Å². The van der Waals surface area contributed by atoms with Crippen molar-refractivity contribution < 1.29 is 9.53 Å². The average Bonchev–Trinajstić information content (AvgIpc) is 2.96. The maximum absolute atomic E-state index is 11.9. The SMILES string of the molecule is CN=C(NCC(C)CN1CCCC1)NC1CN(C(=O)OC(C)(C)C)C1. The van der Waals surface area contributed by atoms with Gasteiger partial charge in [0, 0.05) is 33.2 Å². The first-order valence-electron chi connectivity index (χ1n) is 9.44. The van der Waals surface area contributed by atoms with Crippen LogP contribution in [0.5, 0.6) is 0 Å². The lowest BCUT2D eigenvalue weighted by Gasteiger charge is -2.40. The van der Waals surface area contributed by atoms with Crippen LogP contribution in [0.1, 0.15) is 40.5 Å². The van der Waals surface area contributed by atoms with Crippen LogP contribution in [-0.2, 0) is 4.74 Å². The standard InChI is InChI=1S/C18H35N5O2/c1-14(11-22-8-6-7-9-22)10-20-16(19-5)21-15-12-23(13-15)17(24)25-18(2,3)4/h14-15H,6-13H2,1-5H3,(H2,19,20,21). The highest BCUT2D eigenvalue weighted by Gasteiger charge is 2.34. The van der Waals surface area contributed by atoms with E-state index in [1.807, 2.05) is 20.8 Å². The predicted molar refractivity (Wildman–Crippen MR) is 101 cm³/mol. The quantitative estimate of drug-likeness (QED) is 0.579. The number of hydrogen-bond donors (Lipinski definition) is 2. The average molecular weight is 354 g/mol. The van der Waals surface area contributed by atoms with Crippen molar-refractivity contribution in [2.75, 3.05) is 46.3 Å². The third kappa shape index (κ3) is 6.72. The van der Waals surface area contributed by atoms with Crippen LogP contribution in [0.2, 0.25) is 0 Å². The molecule has 0 aromatic heterocycles. The van der Waals surface area contributed by atoms with E-state index in [0.717, 1.165) is 19.0 Å². The lowest BCUT2D eigenvalue weighted by Crippen LogP contribution is -2.63. The molecule has 0 radical (unpaired) electrons. The summed E-state index contributed by atoms with van der Waals surface area (Å²) < 4.78 is 5.37. The number of carbonyl (C=O) groups is 1. The summed E-state index contributed by atoms with van der Waals surface area (Å²) in [5.41, 5.74) is -0.446. The number of carbonyl (C=O) groups excluding carboxylic acids is 1. The summed E-state index contributed by atoms with van der Waals surface area (Å²) in [5.74, 6) is 1.39. The van der Waals surface area contributed by atoms with E-state index in [2.05, 4.69) is 27.4 Å². The fourth-order valence-electron chi connectivity index (χ4n) is 3.17. The zero-order valence-corrected chi connectivity index (χ0v) is 16.5. The second-order valence-electron chi connectivity index (χ2n) is 8.29. The third-order valence-electron chi connectivity index (χ3n) is 4.48. The van der Waals surface area contributed by atoms with Crippen molar-refractivity contribution in [3.63, 3.8) is 0 Å². The molecule has 144 valence electrons. The Hall–Kier alpha value is -1.50. The van der Waals surface area contributed by atoms with Crippen LogP contribution in [-0.4, -0.2) is 79.8 Å². The first kappa shape index (κ1) is 19.8. The van der Waals surface area contributed by atoms with Crippen molar-refractivity contribution in [2.24, 2.45) is 10.9 Å². The van der Waals surface area contributed by atoms with Gasteiger partial charge in [0.25, 0.3) is 0 Å². The van der Waals surface area contributed by atoms with E-state index in [-0.39, 0.29) is 12.1 Å². The maximum Gasteiger partial charge on any atom is 0.410 e. The zero-order chi connectivity index (χ0) is 18.4. The molecule has 7 heteroatoms. The molecular weight excluding hydrogens is 318 g/mol. The van der Waals surface area contributed by atoms with Crippen LogP contribution in [0.3, 0.4) is 0 Å². The molecule has 2 N–H and O–H groups in total. The summed E-state index contributed by atoms with van der Waals surface area (Å²) in [6.45, 7) is 13.7. The normalized spacial score (nSPS) is 21.0. The van der Waals surface area contributed by atoms with Gasteiger partial charge in [-0.25, -0.2) is 4.79 Å². The number of nitrogens with zero attached hydrogens (tertiary/aromatic N) is 3. The molecule has 25 heavy (non-hydrogen) atoms.